The van der Waals surface area contributed by atoms with Crippen LogP contribution in [-0.4, -0.2) is 24.2 Å². The van der Waals surface area contributed by atoms with Gasteiger partial charge in [0.05, 0.1) is 6.54 Å². The number of aromatic hydroxyl groups is 1. The molecule has 1 aromatic heterocycles. The van der Waals surface area contributed by atoms with E-state index in [0.29, 0.717) is 6.54 Å². The number of hydrogen-bond acceptors (Lipinski definition) is 3. The maximum absolute atomic E-state index is 9.27. The van der Waals surface area contributed by atoms with Gasteiger partial charge in [-0.15, -0.1) is 35.3 Å². The Bertz CT molecular complexity index is 555. The van der Waals surface area contributed by atoms with E-state index < -0.39 is 0 Å². The van der Waals surface area contributed by atoms with Crippen molar-refractivity contribution < 1.29 is 5.11 Å². The van der Waals surface area contributed by atoms with Crippen molar-refractivity contribution in [1.82, 2.24) is 10.6 Å². The molecule has 0 amide bonds. The lowest BCUT2D eigenvalue weighted by molar-refractivity contribution is 0.475. The van der Waals surface area contributed by atoms with Crippen molar-refractivity contribution in [3.05, 3.63) is 52.2 Å². The normalized spacial score (nSPS) is 10.9. The van der Waals surface area contributed by atoms with Gasteiger partial charge in [0.15, 0.2) is 5.96 Å². The molecule has 0 radical (unpaired) electrons. The number of nitrogens with zero attached hydrogens (tertiary/aromatic N) is 1. The number of aliphatic imine (C=N–C) groups is 1. The summed E-state index contributed by atoms with van der Waals surface area (Å²) in [6.07, 6.45) is 1.00. The summed E-state index contributed by atoms with van der Waals surface area (Å²) in [6, 6.07) is 11.4. The zero-order valence-electron chi connectivity index (χ0n) is 12.6. The molecule has 0 saturated carbocycles. The van der Waals surface area contributed by atoms with E-state index in [1.807, 2.05) is 12.1 Å². The zero-order chi connectivity index (χ0) is 14.9. The van der Waals surface area contributed by atoms with Gasteiger partial charge >= 0.3 is 0 Å². The topological polar surface area (TPSA) is 56.7 Å². The van der Waals surface area contributed by atoms with Crippen molar-refractivity contribution in [1.29, 1.82) is 0 Å². The Kier molecular flexibility index (Phi) is 8.91. The molecule has 0 bridgehead atoms. The summed E-state index contributed by atoms with van der Waals surface area (Å²) in [4.78, 5) is 5.92. The van der Waals surface area contributed by atoms with Crippen LogP contribution in [0.3, 0.4) is 0 Å². The molecule has 0 atom stereocenters. The zero-order valence-corrected chi connectivity index (χ0v) is 15.7. The van der Waals surface area contributed by atoms with Gasteiger partial charge in [0.25, 0.3) is 0 Å². The van der Waals surface area contributed by atoms with E-state index in [9.17, 15) is 5.11 Å². The van der Waals surface area contributed by atoms with Crippen molar-refractivity contribution in [2.75, 3.05) is 13.1 Å². The molecule has 0 aliphatic heterocycles. The molecule has 0 saturated heterocycles. The molecular formula is C16H22IN3OS. The van der Waals surface area contributed by atoms with Gasteiger partial charge < -0.3 is 15.7 Å². The minimum absolute atomic E-state index is 0. The third kappa shape index (κ3) is 6.65. The van der Waals surface area contributed by atoms with Gasteiger partial charge in [-0.3, -0.25) is 0 Å². The minimum atomic E-state index is 0. The van der Waals surface area contributed by atoms with E-state index >= 15 is 0 Å². The van der Waals surface area contributed by atoms with Crippen molar-refractivity contribution in [2.45, 2.75) is 19.9 Å². The first-order chi connectivity index (χ1) is 10.3. The summed E-state index contributed by atoms with van der Waals surface area (Å²) in [5, 5.41) is 17.9. The maximum Gasteiger partial charge on any atom is 0.191 e. The Morgan fingerprint density at radius 2 is 1.95 bits per heavy atom. The summed E-state index contributed by atoms with van der Waals surface area (Å²) >= 11 is 1.78. The number of thiophene rings is 1. The van der Waals surface area contributed by atoms with E-state index in [4.69, 9.17) is 0 Å². The lowest BCUT2D eigenvalue weighted by Crippen LogP contribution is -2.38. The van der Waals surface area contributed by atoms with Crippen LogP contribution in [0.2, 0.25) is 0 Å². The molecule has 2 rings (SSSR count). The van der Waals surface area contributed by atoms with Gasteiger partial charge in [0.2, 0.25) is 0 Å². The fraction of sp³-hybridized carbons (Fsp3) is 0.312. The van der Waals surface area contributed by atoms with E-state index in [2.05, 4.69) is 40.1 Å². The van der Waals surface area contributed by atoms with Crippen LogP contribution in [0, 0.1) is 0 Å². The second-order valence-electron chi connectivity index (χ2n) is 4.62. The largest absolute Gasteiger partial charge is 0.508 e. The Balaban J connectivity index is 0.00000242. The summed E-state index contributed by atoms with van der Waals surface area (Å²) in [5.74, 6) is 1.10. The average Bonchev–Trinajstić information content (AvgIpc) is 3.00. The molecular weight excluding hydrogens is 409 g/mol. The lowest BCUT2D eigenvalue weighted by Gasteiger charge is -2.10. The molecule has 0 spiro atoms. The number of nitrogens with one attached hydrogen (secondary N) is 2. The second-order valence-corrected chi connectivity index (χ2v) is 5.65. The molecule has 0 unspecified atom stereocenters. The highest BCUT2D eigenvalue weighted by Gasteiger charge is 1.99. The van der Waals surface area contributed by atoms with Gasteiger partial charge in [0.1, 0.15) is 5.75 Å². The summed E-state index contributed by atoms with van der Waals surface area (Å²) in [5.41, 5.74) is 1.07. The fourth-order valence-electron chi connectivity index (χ4n) is 1.87. The Labute approximate surface area is 152 Å². The number of hydrogen-bond donors (Lipinski definition) is 3. The molecule has 4 nitrogen and oxygen atoms in total. The van der Waals surface area contributed by atoms with Crippen LogP contribution >= 0.6 is 35.3 Å². The van der Waals surface area contributed by atoms with Crippen LogP contribution in [-0.2, 0) is 13.0 Å². The molecule has 2 aromatic rings. The van der Waals surface area contributed by atoms with E-state index in [0.717, 1.165) is 31.0 Å². The number of rotatable bonds is 6. The number of guanidine groups is 1. The smallest absolute Gasteiger partial charge is 0.191 e. The van der Waals surface area contributed by atoms with Crippen LogP contribution in [0.1, 0.15) is 17.4 Å². The number of phenols is 1. The number of phenolic OH excluding ortho intramolecular Hbond substituents is 1. The van der Waals surface area contributed by atoms with Gasteiger partial charge in [-0.25, -0.2) is 4.99 Å². The van der Waals surface area contributed by atoms with Crippen LogP contribution in [0.5, 0.6) is 5.75 Å². The maximum atomic E-state index is 9.27. The van der Waals surface area contributed by atoms with Gasteiger partial charge in [-0.1, -0.05) is 18.2 Å². The Morgan fingerprint density at radius 1 is 1.18 bits per heavy atom. The van der Waals surface area contributed by atoms with E-state index in [-0.39, 0.29) is 29.7 Å². The summed E-state index contributed by atoms with van der Waals surface area (Å²) in [6.45, 7) is 4.34. The molecule has 0 aliphatic rings. The second kappa shape index (κ2) is 10.4. The predicted molar refractivity (Wildman–Crippen MR) is 104 cm³/mol. The average molecular weight is 431 g/mol. The predicted octanol–water partition coefficient (Wildman–Crippen LogP) is 3.37. The van der Waals surface area contributed by atoms with E-state index in [1.165, 1.54) is 4.88 Å². The molecule has 1 heterocycles. The highest BCUT2D eigenvalue weighted by Crippen LogP contribution is 2.10. The number of halogens is 1. The Hall–Kier alpha value is -1.28. The minimum Gasteiger partial charge on any atom is -0.508 e. The van der Waals surface area contributed by atoms with Crippen LogP contribution in [0.25, 0.3) is 0 Å². The first-order valence-corrected chi connectivity index (χ1v) is 7.98. The lowest BCUT2D eigenvalue weighted by atomic mass is 10.2. The van der Waals surface area contributed by atoms with Crippen molar-refractivity contribution in [3.8, 4) is 5.75 Å². The van der Waals surface area contributed by atoms with Crippen LogP contribution < -0.4 is 10.6 Å². The molecule has 3 N–H and O–H groups in total. The Morgan fingerprint density at radius 3 is 2.59 bits per heavy atom. The first-order valence-electron chi connectivity index (χ1n) is 7.10. The molecule has 6 heteroatoms. The third-order valence-corrected chi connectivity index (χ3v) is 3.88. The summed E-state index contributed by atoms with van der Waals surface area (Å²) < 4.78 is 0. The molecule has 1 aromatic carbocycles. The molecule has 0 fully saturated rings. The standard InChI is InChI=1S/C16H21N3OS.HI/c1-2-17-16(18-10-9-15-4-3-11-21-15)19-12-13-5-7-14(20)8-6-13;/h3-8,11,20H,2,9-10,12H2,1H3,(H2,17,18,19);1H. The van der Waals surface area contributed by atoms with Crippen LogP contribution in [0.4, 0.5) is 0 Å². The van der Waals surface area contributed by atoms with Gasteiger partial charge in [0, 0.05) is 18.0 Å². The first kappa shape index (κ1) is 18.8. The van der Waals surface area contributed by atoms with Crippen molar-refractivity contribution in [3.63, 3.8) is 0 Å². The SMILES string of the molecule is CCNC(=NCc1ccc(O)cc1)NCCc1cccs1.I. The molecule has 22 heavy (non-hydrogen) atoms. The quantitative estimate of drug-likeness (QED) is 0.374. The fourth-order valence-corrected chi connectivity index (χ4v) is 2.58. The highest BCUT2D eigenvalue weighted by atomic mass is 127. The van der Waals surface area contributed by atoms with Gasteiger partial charge in [-0.05, 0) is 42.5 Å². The molecule has 0 aliphatic carbocycles. The monoisotopic (exact) mass is 431 g/mol. The van der Waals surface area contributed by atoms with Crippen molar-refractivity contribution >= 4 is 41.3 Å². The van der Waals surface area contributed by atoms with E-state index in [1.54, 1.807) is 23.5 Å². The van der Waals surface area contributed by atoms with Crippen LogP contribution in [0.15, 0.2) is 46.8 Å². The summed E-state index contributed by atoms with van der Waals surface area (Å²) in [7, 11) is 0. The van der Waals surface area contributed by atoms with Crippen molar-refractivity contribution in [2.24, 2.45) is 4.99 Å². The van der Waals surface area contributed by atoms with Gasteiger partial charge in [-0.2, -0.15) is 0 Å². The highest BCUT2D eigenvalue weighted by molar-refractivity contribution is 14.0. The third-order valence-electron chi connectivity index (χ3n) is 2.94. The molecule has 120 valence electrons. The number of benzene rings is 1.